The third-order valence-electron chi connectivity index (χ3n) is 7.03. The van der Waals surface area contributed by atoms with Crippen molar-refractivity contribution in [3.05, 3.63) is 0 Å². The fourth-order valence-electron chi connectivity index (χ4n) is 4.75. The first-order valence-corrected chi connectivity index (χ1v) is 14.5. The lowest BCUT2D eigenvalue weighted by molar-refractivity contribution is 0.387. The van der Waals surface area contributed by atoms with Gasteiger partial charge in [0.1, 0.15) is 0 Å². The van der Waals surface area contributed by atoms with Gasteiger partial charge in [0.25, 0.3) is 0 Å². The zero-order chi connectivity index (χ0) is 21.4. The molecular weight excluding hydrogens is 364 g/mol. The number of ether oxygens (including phenoxy) is 1. The second kappa shape index (κ2) is 23.6. The molecule has 0 aromatic rings. The summed E-state index contributed by atoms with van der Waals surface area (Å²) in [5.74, 6) is 0. The van der Waals surface area contributed by atoms with Gasteiger partial charge in [-0.3, -0.25) is 0 Å². The van der Waals surface area contributed by atoms with Crippen LogP contribution >= 0.6 is 0 Å². The van der Waals surface area contributed by atoms with E-state index in [1.165, 1.54) is 167 Å². The lowest BCUT2D eigenvalue weighted by atomic mass is 10.0. The van der Waals surface area contributed by atoms with Gasteiger partial charge < -0.3 is 4.74 Å². The molecule has 0 radical (unpaired) electrons. The van der Waals surface area contributed by atoms with E-state index in [4.69, 9.17) is 4.74 Å². The van der Waals surface area contributed by atoms with E-state index in [1.54, 1.807) is 0 Å². The summed E-state index contributed by atoms with van der Waals surface area (Å²) in [5, 5.41) is 0. The smallest absolute Gasteiger partial charge is 0.0810 e. The SMILES string of the molecule is CCCCCCCCCCCCCCCCCCCCCCCCCCCC1CO1. The van der Waals surface area contributed by atoms with Gasteiger partial charge in [-0.05, 0) is 6.42 Å². The quantitative estimate of drug-likeness (QED) is 0.0997. The Morgan fingerprint density at radius 1 is 0.400 bits per heavy atom. The molecule has 1 aliphatic heterocycles. The van der Waals surface area contributed by atoms with Gasteiger partial charge >= 0.3 is 0 Å². The summed E-state index contributed by atoms with van der Waals surface area (Å²) in [6.07, 6.45) is 38.7. The fourth-order valence-corrected chi connectivity index (χ4v) is 4.75. The van der Waals surface area contributed by atoms with Crippen LogP contribution in [0.2, 0.25) is 0 Å². The molecule has 1 atom stereocenters. The normalized spacial score (nSPS) is 15.7. The molecule has 0 aromatic carbocycles. The number of hydrogen-bond acceptors (Lipinski definition) is 1. The van der Waals surface area contributed by atoms with Gasteiger partial charge in [-0.2, -0.15) is 0 Å². The van der Waals surface area contributed by atoms with Crippen LogP contribution in [0.1, 0.15) is 174 Å². The maximum Gasteiger partial charge on any atom is 0.0810 e. The molecule has 0 spiro atoms. The molecule has 0 amide bonds. The van der Waals surface area contributed by atoms with E-state index in [9.17, 15) is 0 Å². The molecule has 0 bridgehead atoms. The van der Waals surface area contributed by atoms with Crippen LogP contribution in [0.4, 0.5) is 0 Å². The Hall–Kier alpha value is -0.0400. The van der Waals surface area contributed by atoms with E-state index in [-0.39, 0.29) is 0 Å². The summed E-state index contributed by atoms with van der Waals surface area (Å²) in [6.45, 7) is 3.35. The molecule has 0 N–H and O–H groups in total. The van der Waals surface area contributed by atoms with Crippen molar-refractivity contribution in [3.63, 3.8) is 0 Å². The minimum Gasteiger partial charge on any atom is -0.373 e. The van der Waals surface area contributed by atoms with E-state index in [2.05, 4.69) is 6.92 Å². The first-order chi connectivity index (χ1) is 14.9. The Kier molecular flexibility index (Phi) is 22.0. The van der Waals surface area contributed by atoms with Crippen LogP contribution in [-0.4, -0.2) is 12.7 Å². The summed E-state index contributed by atoms with van der Waals surface area (Å²) in [5.41, 5.74) is 0. The zero-order valence-electron chi connectivity index (χ0n) is 21.1. The van der Waals surface area contributed by atoms with Gasteiger partial charge in [0.05, 0.1) is 12.7 Å². The van der Waals surface area contributed by atoms with Crippen LogP contribution in [0.15, 0.2) is 0 Å². The van der Waals surface area contributed by atoms with Crippen molar-refractivity contribution in [2.24, 2.45) is 0 Å². The van der Waals surface area contributed by atoms with Crippen LogP contribution in [0, 0.1) is 0 Å². The molecule has 0 saturated carbocycles. The van der Waals surface area contributed by atoms with Crippen LogP contribution in [0.5, 0.6) is 0 Å². The van der Waals surface area contributed by atoms with E-state index < -0.39 is 0 Å². The predicted octanol–water partition coefficient (Wildman–Crippen LogP) is 10.5. The zero-order valence-corrected chi connectivity index (χ0v) is 21.1. The fraction of sp³-hybridized carbons (Fsp3) is 1.00. The molecule has 1 saturated heterocycles. The Morgan fingerprint density at radius 2 is 0.633 bits per heavy atom. The third-order valence-corrected chi connectivity index (χ3v) is 7.03. The highest BCUT2D eigenvalue weighted by atomic mass is 16.6. The maximum atomic E-state index is 5.26. The van der Waals surface area contributed by atoms with Crippen molar-refractivity contribution in [1.82, 2.24) is 0 Å². The lowest BCUT2D eigenvalue weighted by Gasteiger charge is -2.04. The van der Waals surface area contributed by atoms with Crippen molar-refractivity contribution in [2.45, 2.75) is 180 Å². The molecule has 1 aliphatic rings. The topological polar surface area (TPSA) is 12.5 Å². The molecule has 1 fully saturated rings. The Balaban J connectivity index is 1.58. The van der Waals surface area contributed by atoms with Gasteiger partial charge in [-0.25, -0.2) is 0 Å². The highest BCUT2D eigenvalue weighted by Gasteiger charge is 2.20. The van der Waals surface area contributed by atoms with Crippen molar-refractivity contribution >= 4 is 0 Å². The Morgan fingerprint density at radius 3 is 0.867 bits per heavy atom. The Bertz CT molecular complexity index is 309. The van der Waals surface area contributed by atoms with Crippen LogP contribution < -0.4 is 0 Å². The summed E-state index contributed by atoms with van der Waals surface area (Å²) >= 11 is 0. The van der Waals surface area contributed by atoms with Gasteiger partial charge in [-0.1, -0.05) is 167 Å². The number of hydrogen-bond donors (Lipinski definition) is 0. The van der Waals surface area contributed by atoms with Crippen molar-refractivity contribution in [1.29, 1.82) is 0 Å². The minimum absolute atomic E-state index is 0.648. The minimum atomic E-state index is 0.648. The lowest BCUT2D eigenvalue weighted by Crippen LogP contribution is -1.86. The molecular formula is C29H58O. The van der Waals surface area contributed by atoms with Gasteiger partial charge in [-0.15, -0.1) is 0 Å². The summed E-state index contributed by atoms with van der Waals surface area (Å²) in [7, 11) is 0. The van der Waals surface area contributed by atoms with E-state index in [0.29, 0.717) is 6.10 Å². The molecule has 0 aromatic heterocycles. The second-order valence-electron chi connectivity index (χ2n) is 10.2. The van der Waals surface area contributed by atoms with Crippen LogP contribution in [0.25, 0.3) is 0 Å². The molecule has 1 heteroatoms. The summed E-state index contributed by atoms with van der Waals surface area (Å²) < 4.78 is 5.26. The average molecular weight is 423 g/mol. The molecule has 1 heterocycles. The molecule has 180 valence electrons. The Labute approximate surface area is 191 Å². The maximum absolute atomic E-state index is 5.26. The van der Waals surface area contributed by atoms with Gasteiger partial charge in [0.15, 0.2) is 0 Å². The summed E-state index contributed by atoms with van der Waals surface area (Å²) in [6, 6.07) is 0. The van der Waals surface area contributed by atoms with Crippen molar-refractivity contribution in [2.75, 3.05) is 6.61 Å². The second-order valence-corrected chi connectivity index (χ2v) is 10.2. The van der Waals surface area contributed by atoms with E-state index in [1.807, 2.05) is 0 Å². The predicted molar refractivity (Wildman–Crippen MR) is 135 cm³/mol. The monoisotopic (exact) mass is 422 g/mol. The van der Waals surface area contributed by atoms with Gasteiger partial charge in [0, 0.05) is 0 Å². The molecule has 1 unspecified atom stereocenters. The number of epoxide rings is 1. The number of rotatable bonds is 26. The largest absolute Gasteiger partial charge is 0.373 e. The highest BCUT2D eigenvalue weighted by Crippen LogP contribution is 2.19. The summed E-state index contributed by atoms with van der Waals surface area (Å²) in [4.78, 5) is 0. The third kappa shape index (κ3) is 22.6. The van der Waals surface area contributed by atoms with Crippen molar-refractivity contribution < 1.29 is 4.74 Å². The van der Waals surface area contributed by atoms with Crippen LogP contribution in [0.3, 0.4) is 0 Å². The van der Waals surface area contributed by atoms with Crippen molar-refractivity contribution in [3.8, 4) is 0 Å². The van der Waals surface area contributed by atoms with E-state index in [0.717, 1.165) is 6.61 Å². The molecule has 1 nitrogen and oxygen atoms in total. The molecule has 0 aliphatic carbocycles. The van der Waals surface area contributed by atoms with E-state index >= 15 is 0 Å². The molecule has 30 heavy (non-hydrogen) atoms. The standard InChI is InChI=1S/C29H58O/c1-2-3-4-5-6-7-8-9-10-11-12-13-14-15-16-17-18-19-20-21-22-23-24-25-26-27-29-28-30-29/h29H,2-28H2,1H3. The van der Waals surface area contributed by atoms with Gasteiger partial charge in [0.2, 0.25) is 0 Å². The number of unbranched alkanes of at least 4 members (excludes halogenated alkanes) is 24. The first kappa shape index (κ1) is 28.0. The first-order valence-electron chi connectivity index (χ1n) is 14.5. The van der Waals surface area contributed by atoms with Crippen LogP contribution in [-0.2, 0) is 4.74 Å². The molecule has 1 rings (SSSR count). The highest BCUT2D eigenvalue weighted by molar-refractivity contribution is 4.68. The average Bonchev–Trinajstić information content (AvgIpc) is 3.58.